The number of pyridine rings is 1. The Bertz CT molecular complexity index is 752. The fraction of sp³-hybridized carbons (Fsp3) is 0.0714. The van der Waals surface area contributed by atoms with Crippen LogP contribution in [0, 0.1) is 0 Å². The maximum absolute atomic E-state index is 12.1. The minimum Gasteiger partial charge on any atom is -0.456 e. The first-order valence-corrected chi connectivity index (χ1v) is 6.05. The van der Waals surface area contributed by atoms with E-state index >= 15 is 0 Å². The number of anilines is 1. The van der Waals surface area contributed by atoms with E-state index in [9.17, 15) is 4.79 Å². The van der Waals surface area contributed by atoms with E-state index in [1.165, 1.54) is 6.20 Å². The summed E-state index contributed by atoms with van der Waals surface area (Å²) < 4.78 is 5.24. The quantitative estimate of drug-likeness (QED) is 0.707. The normalized spacial score (nSPS) is 10.6. The number of H-pyrrole nitrogens is 1. The summed E-state index contributed by atoms with van der Waals surface area (Å²) in [6.07, 6.45) is 1.51. The zero-order chi connectivity index (χ0) is 13.9. The van der Waals surface area contributed by atoms with E-state index in [4.69, 9.17) is 10.5 Å². The van der Waals surface area contributed by atoms with Gasteiger partial charge in [-0.05, 0) is 11.6 Å². The highest BCUT2D eigenvalue weighted by atomic mass is 16.5. The minimum absolute atomic E-state index is 0.183. The number of aromatic nitrogens is 3. The summed E-state index contributed by atoms with van der Waals surface area (Å²) in [6.45, 7) is 0.196. The molecular weight excluding hydrogens is 256 g/mol. The van der Waals surface area contributed by atoms with Crippen LogP contribution in [0.15, 0.2) is 42.6 Å². The third-order valence-corrected chi connectivity index (χ3v) is 2.92. The van der Waals surface area contributed by atoms with Crippen LogP contribution in [0.3, 0.4) is 0 Å². The number of carbonyl (C=O) groups is 1. The van der Waals surface area contributed by atoms with Gasteiger partial charge in [0, 0.05) is 11.6 Å². The molecule has 100 valence electrons. The first-order valence-electron chi connectivity index (χ1n) is 6.05. The molecule has 6 heteroatoms. The lowest BCUT2D eigenvalue weighted by molar-refractivity contribution is 0.0468. The molecule has 0 saturated heterocycles. The Morgan fingerprint density at radius 1 is 1.25 bits per heavy atom. The molecule has 3 rings (SSSR count). The number of ether oxygens (including phenoxy) is 1. The van der Waals surface area contributed by atoms with Crippen molar-refractivity contribution in [2.24, 2.45) is 0 Å². The molecule has 0 amide bonds. The second-order valence-corrected chi connectivity index (χ2v) is 4.25. The van der Waals surface area contributed by atoms with E-state index < -0.39 is 5.97 Å². The monoisotopic (exact) mass is 268 g/mol. The molecule has 3 N–H and O–H groups in total. The van der Waals surface area contributed by atoms with Gasteiger partial charge >= 0.3 is 5.97 Å². The number of nitrogen functional groups attached to an aromatic ring is 1. The average molecular weight is 268 g/mol. The van der Waals surface area contributed by atoms with Crippen LogP contribution < -0.4 is 5.73 Å². The number of carbonyl (C=O) groups excluding carboxylic acids is 1. The molecule has 2 heterocycles. The van der Waals surface area contributed by atoms with Crippen molar-refractivity contribution in [3.8, 4) is 0 Å². The van der Waals surface area contributed by atoms with Gasteiger partial charge in [-0.1, -0.05) is 30.3 Å². The van der Waals surface area contributed by atoms with Crippen LogP contribution in [0.4, 0.5) is 5.82 Å². The summed E-state index contributed by atoms with van der Waals surface area (Å²) in [5.74, 6) is -0.178. The SMILES string of the molecule is Nc1n[nH]c2c(C(=O)OCc3ccccc3)nccc12. The zero-order valence-electron chi connectivity index (χ0n) is 10.5. The molecule has 2 aromatic heterocycles. The smallest absolute Gasteiger partial charge is 0.359 e. The molecule has 0 aliphatic heterocycles. The Balaban J connectivity index is 1.82. The van der Waals surface area contributed by atoms with Crippen molar-refractivity contribution in [3.05, 3.63) is 53.9 Å². The number of nitrogens with zero attached hydrogens (tertiary/aromatic N) is 2. The van der Waals surface area contributed by atoms with Crippen LogP contribution in [-0.4, -0.2) is 21.2 Å². The van der Waals surface area contributed by atoms with E-state index in [0.717, 1.165) is 5.56 Å². The maximum Gasteiger partial charge on any atom is 0.359 e. The van der Waals surface area contributed by atoms with Gasteiger partial charge in [0.25, 0.3) is 0 Å². The van der Waals surface area contributed by atoms with Crippen molar-refractivity contribution < 1.29 is 9.53 Å². The van der Waals surface area contributed by atoms with E-state index in [1.54, 1.807) is 6.07 Å². The zero-order valence-corrected chi connectivity index (χ0v) is 10.5. The highest BCUT2D eigenvalue weighted by molar-refractivity contribution is 6.03. The molecule has 0 unspecified atom stereocenters. The molecule has 0 atom stereocenters. The molecule has 0 radical (unpaired) electrons. The second kappa shape index (κ2) is 5.00. The Morgan fingerprint density at radius 3 is 2.85 bits per heavy atom. The number of hydrogen-bond acceptors (Lipinski definition) is 5. The van der Waals surface area contributed by atoms with E-state index in [1.807, 2.05) is 30.3 Å². The van der Waals surface area contributed by atoms with Gasteiger partial charge in [0.1, 0.15) is 12.1 Å². The molecule has 0 saturated carbocycles. The van der Waals surface area contributed by atoms with Gasteiger partial charge in [-0.15, -0.1) is 0 Å². The summed E-state index contributed by atoms with van der Waals surface area (Å²) in [4.78, 5) is 16.1. The first-order chi connectivity index (χ1) is 9.75. The second-order valence-electron chi connectivity index (χ2n) is 4.25. The van der Waals surface area contributed by atoms with Crippen molar-refractivity contribution >= 4 is 22.7 Å². The van der Waals surface area contributed by atoms with Crippen molar-refractivity contribution in [3.63, 3.8) is 0 Å². The lowest BCUT2D eigenvalue weighted by Gasteiger charge is -2.04. The predicted octanol–water partition coefficient (Wildman–Crippen LogP) is 1.90. The van der Waals surface area contributed by atoms with Gasteiger partial charge in [0.15, 0.2) is 11.5 Å². The number of benzene rings is 1. The standard InChI is InChI=1S/C14H12N4O2/c15-13-10-6-7-16-12(11(10)17-18-13)14(19)20-8-9-4-2-1-3-5-9/h1-7H,8H2,(H3,15,17,18). The van der Waals surface area contributed by atoms with Gasteiger partial charge in [-0.2, -0.15) is 5.10 Å². The number of fused-ring (bicyclic) bond motifs is 1. The van der Waals surface area contributed by atoms with Gasteiger partial charge in [0.05, 0.1) is 0 Å². The molecule has 0 aliphatic carbocycles. The maximum atomic E-state index is 12.1. The van der Waals surface area contributed by atoms with Crippen molar-refractivity contribution in [1.82, 2.24) is 15.2 Å². The first kappa shape index (κ1) is 12.2. The largest absolute Gasteiger partial charge is 0.456 e. The van der Waals surface area contributed by atoms with Crippen molar-refractivity contribution in [1.29, 1.82) is 0 Å². The van der Waals surface area contributed by atoms with E-state index in [-0.39, 0.29) is 12.3 Å². The average Bonchev–Trinajstić information content (AvgIpc) is 2.87. The number of hydrogen-bond donors (Lipinski definition) is 2. The molecule has 1 aromatic carbocycles. The van der Waals surface area contributed by atoms with Crippen molar-refractivity contribution in [2.45, 2.75) is 6.61 Å². The highest BCUT2D eigenvalue weighted by Crippen LogP contribution is 2.20. The van der Waals surface area contributed by atoms with Crippen molar-refractivity contribution in [2.75, 3.05) is 5.73 Å². The Labute approximate surface area is 114 Å². The fourth-order valence-electron chi connectivity index (χ4n) is 1.91. The van der Waals surface area contributed by atoms with Crippen LogP contribution in [-0.2, 0) is 11.3 Å². The fourth-order valence-corrected chi connectivity index (χ4v) is 1.91. The number of nitrogens with two attached hydrogens (primary N) is 1. The topological polar surface area (TPSA) is 93.9 Å². The molecule has 6 nitrogen and oxygen atoms in total. The molecule has 0 spiro atoms. The number of aromatic amines is 1. The summed E-state index contributed by atoms with van der Waals surface area (Å²) in [5.41, 5.74) is 7.27. The molecular formula is C14H12N4O2. The minimum atomic E-state index is -0.511. The Kier molecular flexibility index (Phi) is 3.04. The van der Waals surface area contributed by atoms with Gasteiger partial charge in [-0.3, -0.25) is 5.10 Å². The predicted molar refractivity (Wildman–Crippen MR) is 73.9 cm³/mol. The number of rotatable bonds is 3. The van der Waals surface area contributed by atoms with E-state index in [2.05, 4.69) is 15.2 Å². The van der Waals surface area contributed by atoms with Gasteiger partial charge in [0.2, 0.25) is 0 Å². The Morgan fingerprint density at radius 2 is 2.05 bits per heavy atom. The molecule has 0 fully saturated rings. The van der Waals surface area contributed by atoms with Crippen LogP contribution >= 0.6 is 0 Å². The third-order valence-electron chi connectivity index (χ3n) is 2.92. The summed E-state index contributed by atoms with van der Waals surface area (Å²) in [5, 5.41) is 7.22. The van der Waals surface area contributed by atoms with Gasteiger partial charge in [-0.25, -0.2) is 9.78 Å². The molecule has 0 aliphatic rings. The lowest BCUT2D eigenvalue weighted by Crippen LogP contribution is -2.08. The molecule has 20 heavy (non-hydrogen) atoms. The van der Waals surface area contributed by atoms with Crippen LogP contribution in [0.5, 0.6) is 0 Å². The molecule has 0 bridgehead atoms. The molecule has 3 aromatic rings. The highest BCUT2D eigenvalue weighted by Gasteiger charge is 2.16. The number of nitrogens with one attached hydrogen (secondary N) is 1. The number of esters is 1. The van der Waals surface area contributed by atoms with Crippen LogP contribution in [0.25, 0.3) is 10.9 Å². The van der Waals surface area contributed by atoms with Crippen LogP contribution in [0.1, 0.15) is 16.1 Å². The van der Waals surface area contributed by atoms with E-state index in [0.29, 0.717) is 16.7 Å². The van der Waals surface area contributed by atoms with Gasteiger partial charge < -0.3 is 10.5 Å². The lowest BCUT2D eigenvalue weighted by atomic mass is 10.2. The summed E-state index contributed by atoms with van der Waals surface area (Å²) in [7, 11) is 0. The summed E-state index contributed by atoms with van der Waals surface area (Å²) >= 11 is 0. The third kappa shape index (κ3) is 2.18. The Hall–Kier alpha value is -2.89. The summed E-state index contributed by atoms with van der Waals surface area (Å²) in [6, 6.07) is 11.1. The van der Waals surface area contributed by atoms with Crippen LogP contribution in [0.2, 0.25) is 0 Å².